The van der Waals surface area contributed by atoms with Crippen molar-refractivity contribution in [2.75, 3.05) is 20.3 Å². The van der Waals surface area contributed by atoms with Crippen LogP contribution in [0.5, 0.6) is 5.75 Å². The van der Waals surface area contributed by atoms with Gasteiger partial charge >= 0.3 is 0 Å². The van der Waals surface area contributed by atoms with Crippen LogP contribution in [0.25, 0.3) is 0 Å². The van der Waals surface area contributed by atoms with Crippen molar-refractivity contribution >= 4 is 0 Å². The second-order valence-electron chi connectivity index (χ2n) is 6.10. The molecule has 2 rings (SSSR count). The van der Waals surface area contributed by atoms with Crippen LogP contribution < -0.4 is 10.5 Å². The van der Waals surface area contributed by atoms with E-state index in [9.17, 15) is 0 Å². The van der Waals surface area contributed by atoms with Crippen LogP contribution in [0.15, 0.2) is 24.3 Å². The Morgan fingerprint density at radius 2 is 2.10 bits per heavy atom. The van der Waals surface area contributed by atoms with Gasteiger partial charge in [-0.25, -0.2) is 0 Å². The number of hydrogen-bond donors (Lipinski definition) is 1. The molecule has 2 N–H and O–H groups in total. The zero-order valence-electron chi connectivity index (χ0n) is 12.9. The molecule has 0 amide bonds. The maximum Gasteiger partial charge on any atom is 0.122 e. The van der Waals surface area contributed by atoms with Crippen LogP contribution in [0.3, 0.4) is 0 Å². The number of hydrogen-bond acceptors (Lipinski definition) is 3. The van der Waals surface area contributed by atoms with Crippen molar-refractivity contribution in [2.24, 2.45) is 5.73 Å². The van der Waals surface area contributed by atoms with Crippen LogP contribution in [0.2, 0.25) is 0 Å². The normalized spacial score (nSPS) is 30.2. The lowest BCUT2D eigenvalue weighted by atomic mass is 9.66. The number of methoxy groups -OCH3 is 1. The van der Waals surface area contributed by atoms with Crippen LogP contribution in [0, 0.1) is 0 Å². The lowest BCUT2D eigenvalue weighted by Gasteiger charge is -2.47. The maximum atomic E-state index is 6.03. The minimum absolute atomic E-state index is 0.0612. The summed E-state index contributed by atoms with van der Waals surface area (Å²) in [5.74, 6) is 0.973. The first-order chi connectivity index (χ1) is 9.59. The zero-order chi connectivity index (χ0) is 14.6. The fourth-order valence-corrected chi connectivity index (χ4v) is 3.51. The van der Waals surface area contributed by atoms with Gasteiger partial charge in [-0.15, -0.1) is 0 Å². The number of rotatable bonds is 5. The molecule has 0 spiro atoms. The highest BCUT2D eigenvalue weighted by Gasteiger charge is 2.44. The molecule has 20 heavy (non-hydrogen) atoms. The summed E-state index contributed by atoms with van der Waals surface area (Å²) in [6.07, 6.45) is 4.02. The van der Waals surface area contributed by atoms with E-state index in [4.69, 9.17) is 15.2 Å². The SMILES string of the molecule is CC[C@@]1(C)C[C@@](CCN)(c2ccccc2OC)CCO1. The van der Waals surface area contributed by atoms with Crippen LogP contribution in [0.1, 0.15) is 45.1 Å². The third-order valence-electron chi connectivity index (χ3n) is 4.79. The van der Waals surface area contributed by atoms with E-state index in [-0.39, 0.29) is 11.0 Å². The van der Waals surface area contributed by atoms with Crippen molar-refractivity contribution in [3.63, 3.8) is 0 Å². The number of para-hydroxylation sites is 1. The quantitative estimate of drug-likeness (QED) is 0.898. The molecule has 3 nitrogen and oxygen atoms in total. The molecule has 1 heterocycles. The number of benzene rings is 1. The Kier molecular flexibility index (Phi) is 4.71. The van der Waals surface area contributed by atoms with Crippen molar-refractivity contribution in [1.29, 1.82) is 0 Å². The van der Waals surface area contributed by atoms with Crippen molar-refractivity contribution < 1.29 is 9.47 Å². The Morgan fingerprint density at radius 1 is 1.35 bits per heavy atom. The second-order valence-corrected chi connectivity index (χ2v) is 6.10. The third kappa shape index (κ3) is 2.84. The fourth-order valence-electron chi connectivity index (χ4n) is 3.51. The van der Waals surface area contributed by atoms with Crippen molar-refractivity contribution in [3.8, 4) is 5.75 Å². The fraction of sp³-hybridized carbons (Fsp3) is 0.647. The van der Waals surface area contributed by atoms with Gasteiger partial charge < -0.3 is 15.2 Å². The number of nitrogens with two attached hydrogens (primary N) is 1. The molecule has 1 aliphatic heterocycles. The van der Waals surface area contributed by atoms with E-state index in [2.05, 4.69) is 26.0 Å². The summed E-state index contributed by atoms with van der Waals surface area (Å²) in [7, 11) is 1.74. The Bertz CT molecular complexity index is 444. The van der Waals surface area contributed by atoms with Crippen LogP contribution in [-0.4, -0.2) is 25.9 Å². The molecule has 0 unspecified atom stereocenters. The molecule has 0 aliphatic carbocycles. The molecule has 3 heteroatoms. The highest BCUT2D eigenvalue weighted by Crippen LogP contribution is 2.47. The average Bonchev–Trinajstić information content (AvgIpc) is 2.47. The summed E-state index contributed by atoms with van der Waals surface area (Å²) >= 11 is 0. The summed E-state index contributed by atoms with van der Waals surface area (Å²) < 4.78 is 11.6. The van der Waals surface area contributed by atoms with Gasteiger partial charge in [-0.05, 0) is 45.2 Å². The Balaban J connectivity index is 2.43. The van der Waals surface area contributed by atoms with E-state index in [0.29, 0.717) is 6.54 Å². The highest BCUT2D eigenvalue weighted by molar-refractivity contribution is 5.40. The molecule has 1 aliphatic rings. The minimum atomic E-state index is -0.0612. The molecule has 0 aromatic heterocycles. The summed E-state index contributed by atoms with van der Waals surface area (Å²) in [6, 6.07) is 8.36. The Hall–Kier alpha value is -1.06. The van der Waals surface area contributed by atoms with Gasteiger partial charge in [-0.2, -0.15) is 0 Å². The largest absolute Gasteiger partial charge is 0.496 e. The summed E-state index contributed by atoms with van der Waals surface area (Å²) in [5.41, 5.74) is 7.22. The Morgan fingerprint density at radius 3 is 2.75 bits per heavy atom. The lowest BCUT2D eigenvalue weighted by molar-refractivity contribution is -0.0979. The zero-order valence-corrected chi connectivity index (χ0v) is 12.9. The van der Waals surface area contributed by atoms with Crippen molar-refractivity contribution in [1.82, 2.24) is 0 Å². The predicted molar refractivity (Wildman–Crippen MR) is 82.2 cm³/mol. The van der Waals surface area contributed by atoms with Crippen molar-refractivity contribution in [3.05, 3.63) is 29.8 Å². The van der Waals surface area contributed by atoms with Crippen LogP contribution >= 0.6 is 0 Å². The first-order valence-electron chi connectivity index (χ1n) is 7.57. The van der Waals surface area contributed by atoms with Gasteiger partial charge in [0.15, 0.2) is 0 Å². The monoisotopic (exact) mass is 277 g/mol. The van der Waals surface area contributed by atoms with E-state index in [1.54, 1.807) is 7.11 Å². The Labute approximate surface area is 122 Å². The van der Waals surface area contributed by atoms with E-state index in [0.717, 1.165) is 38.0 Å². The summed E-state index contributed by atoms with van der Waals surface area (Å²) in [5, 5.41) is 0. The molecule has 0 bridgehead atoms. The predicted octanol–water partition coefficient (Wildman–Crippen LogP) is 3.26. The third-order valence-corrected chi connectivity index (χ3v) is 4.79. The average molecular weight is 277 g/mol. The standard InChI is InChI=1S/C17H27NO2/c1-4-16(2)13-17(9-11-18,10-12-20-16)14-7-5-6-8-15(14)19-3/h5-8H,4,9-13,18H2,1-3H3/t16-,17-/m0/s1. The molecule has 0 radical (unpaired) electrons. The lowest BCUT2D eigenvalue weighted by Crippen LogP contribution is -2.46. The van der Waals surface area contributed by atoms with Gasteiger partial charge in [0.1, 0.15) is 5.75 Å². The van der Waals surface area contributed by atoms with Gasteiger partial charge in [0.05, 0.1) is 12.7 Å². The first kappa shape index (κ1) is 15.3. The molecular formula is C17H27NO2. The van der Waals surface area contributed by atoms with E-state index in [1.807, 2.05) is 12.1 Å². The van der Waals surface area contributed by atoms with E-state index in [1.165, 1.54) is 5.56 Å². The topological polar surface area (TPSA) is 44.5 Å². The summed E-state index contributed by atoms with van der Waals surface area (Å²) in [4.78, 5) is 0. The summed E-state index contributed by atoms with van der Waals surface area (Å²) in [6.45, 7) is 5.90. The molecule has 1 fully saturated rings. The first-order valence-corrected chi connectivity index (χ1v) is 7.57. The van der Waals surface area contributed by atoms with Gasteiger partial charge in [0.25, 0.3) is 0 Å². The second kappa shape index (κ2) is 6.15. The number of ether oxygens (including phenoxy) is 2. The van der Waals surface area contributed by atoms with Gasteiger partial charge in [0.2, 0.25) is 0 Å². The smallest absolute Gasteiger partial charge is 0.122 e. The molecule has 1 saturated heterocycles. The van der Waals surface area contributed by atoms with Crippen LogP contribution in [0.4, 0.5) is 0 Å². The molecule has 2 atom stereocenters. The molecule has 1 aromatic carbocycles. The van der Waals surface area contributed by atoms with E-state index < -0.39 is 0 Å². The molecular weight excluding hydrogens is 250 g/mol. The minimum Gasteiger partial charge on any atom is -0.496 e. The van der Waals surface area contributed by atoms with Crippen molar-refractivity contribution in [2.45, 2.75) is 50.5 Å². The molecule has 0 saturated carbocycles. The molecule has 112 valence electrons. The molecule has 1 aromatic rings. The maximum absolute atomic E-state index is 6.03. The van der Waals surface area contributed by atoms with Gasteiger partial charge in [-0.3, -0.25) is 0 Å². The van der Waals surface area contributed by atoms with E-state index >= 15 is 0 Å². The van der Waals surface area contributed by atoms with Gasteiger partial charge in [-0.1, -0.05) is 25.1 Å². The van der Waals surface area contributed by atoms with Crippen LogP contribution in [-0.2, 0) is 10.2 Å². The highest BCUT2D eigenvalue weighted by atomic mass is 16.5. The van der Waals surface area contributed by atoms with Gasteiger partial charge in [0, 0.05) is 17.6 Å².